The summed E-state index contributed by atoms with van der Waals surface area (Å²) in [5.41, 5.74) is 4.08. The van der Waals surface area contributed by atoms with E-state index in [1.807, 2.05) is 24.3 Å². The summed E-state index contributed by atoms with van der Waals surface area (Å²) >= 11 is 0. The van der Waals surface area contributed by atoms with Crippen molar-refractivity contribution in [2.24, 2.45) is 0 Å². The zero-order chi connectivity index (χ0) is 15.0. The van der Waals surface area contributed by atoms with E-state index in [0.29, 0.717) is 12.1 Å². The number of benzene rings is 2. The van der Waals surface area contributed by atoms with Gasteiger partial charge in [-0.25, -0.2) is 0 Å². The van der Waals surface area contributed by atoms with Gasteiger partial charge in [-0.15, -0.1) is 0 Å². The van der Waals surface area contributed by atoms with Crippen LogP contribution in [0.1, 0.15) is 5.56 Å². The molecule has 21 heavy (non-hydrogen) atoms. The first-order valence-electron chi connectivity index (χ1n) is 6.51. The largest absolute Gasteiger partial charge is 0.416 e. The zero-order valence-corrected chi connectivity index (χ0v) is 11.3. The molecule has 0 bridgehead atoms. The molecular formula is C15H14F3N3. The number of halogens is 3. The van der Waals surface area contributed by atoms with Gasteiger partial charge in [-0.3, -0.25) is 4.68 Å². The number of rotatable bonds is 3. The van der Waals surface area contributed by atoms with Gasteiger partial charge < -0.3 is 10.7 Å². The Morgan fingerprint density at radius 1 is 1.00 bits per heavy atom. The summed E-state index contributed by atoms with van der Waals surface area (Å²) in [5.74, 6) is 0. The van der Waals surface area contributed by atoms with Gasteiger partial charge in [0.2, 0.25) is 0 Å². The number of fused-ring (bicyclic) bond motifs is 3. The maximum atomic E-state index is 12.9. The highest BCUT2D eigenvalue weighted by molar-refractivity contribution is 6.08. The monoisotopic (exact) mass is 293 g/mol. The second kappa shape index (κ2) is 4.96. The van der Waals surface area contributed by atoms with E-state index < -0.39 is 11.7 Å². The molecule has 3 rings (SSSR count). The van der Waals surface area contributed by atoms with Gasteiger partial charge in [0, 0.05) is 10.8 Å². The molecule has 0 saturated heterocycles. The summed E-state index contributed by atoms with van der Waals surface area (Å²) in [6.45, 7) is 0.509. The quantitative estimate of drug-likeness (QED) is 0.723. The summed E-state index contributed by atoms with van der Waals surface area (Å²) in [6, 6.07) is 11.2. The molecule has 110 valence electrons. The highest BCUT2D eigenvalue weighted by Gasteiger charge is 2.31. The van der Waals surface area contributed by atoms with Crippen molar-refractivity contribution in [1.29, 1.82) is 0 Å². The van der Waals surface area contributed by atoms with Crippen LogP contribution in [0.4, 0.5) is 13.2 Å². The Morgan fingerprint density at radius 2 is 1.71 bits per heavy atom. The van der Waals surface area contributed by atoms with E-state index >= 15 is 0 Å². The molecule has 2 N–H and O–H groups in total. The average molecular weight is 293 g/mol. The minimum absolute atomic E-state index is 0.509. The fourth-order valence-corrected chi connectivity index (χ4v) is 2.48. The first-order valence-corrected chi connectivity index (χ1v) is 6.51. The van der Waals surface area contributed by atoms with Gasteiger partial charge in [-0.2, -0.15) is 13.2 Å². The summed E-state index contributed by atoms with van der Waals surface area (Å²) < 4.78 is 40.5. The summed E-state index contributed by atoms with van der Waals surface area (Å²) in [6.07, 6.45) is -4.34. The highest BCUT2D eigenvalue weighted by atomic mass is 19.4. The van der Waals surface area contributed by atoms with E-state index in [4.69, 9.17) is 0 Å². The maximum Gasteiger partial charge on any atom is 0.416 e. The van der Waals surface area contributed by atoms with E-state index in [0.717, 1.165) is 22.5 Å². The van der Waals surface area contributed by atoms with Crippen LogP contribution in [0.25, 0.3) is 21.8 Å². The van der Waals surface area contributed by atoms with Gasteiger partial charge in [-0.1, -0.05) is 18.2 Å². The van der Waals surface area contributed by atoms with Crippen molar-refractivity contribution in [1.82, 2.24) is 9.99 Å². The molecule has 0 saturated carbocycles. The molecule has 0 amide bonds. The molecule has 1 heterocycles. The fraction of sp³-hybridized carbons (Fsp3) is 0.200. The molecule has 3 aromatic rings. The number of hydrogen-bond acceptors (Lipinski definition) is 2. The predicted molar refractivity (Wildman–Crippen MR) is 77.7 cm³/mol. The number of hydrogen-bond donors (Lipinski definition) is 2. The molecular weight excluding hydrogens is 279 g/mol. The molecule has 0 aliphatic carbocycles. The molecule has 0 spiro atoms. The Bertz CT molecular complexity index is 790. The second-order valence-electron chi connectivity index (χ2n) is 4.77. The van der Waals surface area contributed by atoms with Crippen LogP contribution in [0.2, 0.25) is 0 Å². The fourth-order valence-electron chi connectivity index (χ4n) is 2.48. The van der Waals surface area contributed by atoms with Crippen molar-refractivity contribution in [3.63, 3.8) is 0 Å². The zero-order valence-electron chi connectivity index (χ0n) is 11.3. The van der Waals surface area contributed by atoms with Crippen molar-refractivity contribution in [2.75, 3.05) is 19.1 Å². The van der Waals surface area contributed by atoms with Crippen LogP contribution in [-0.2, 0) is 6.18 Å². The van der Waals surface area contributed by atoms with E-state index in [-0.39, 0.29) is 0 Å². The topological polar surface area (TPSA) is 29.0 Å². The lowest BCUT2D eigenvalue weighted by Crippen LogP contribution is -2.24. The summed E-state index contributed by atoms with van der Waals surface area (Å²) in [7, 11) is 1.79. The number of alkyl halides is 3. The number of nitrogens with zero attached hydrogens (tertiary/aromatic N) is 1. The van der Waals surface area contributed by atoms with Crippen molar-refractivity contribution in [2.45, 2.75) is 6.18 Å². The van der Waals surface area contributed by atoms with Gasteiger partial charge in [-0.05, 0) is 31.3 Å². The van der Waals surface area contributed by atoms with E-state index in [2.05, 4.69) is 10.7 Å². The van der Waals surface area contributed by atoms with Crippen molar-refractivity contribution >= 4 is 21.8 Å². The lowest BCUT2D eigenvalue weighted by atomic mass is 10.1. The molecule has 0 unspecified atom stereocenters. The van der Waals surface area contributed by atoms with Crippen LogP contribution in [0, 0.1) is 0 Å². The second-order valence-corrected chi connectivity index (χ2v) is 4.77. The van der Waals surface area contributed by atoms with E-state index in [9.17, 15) is 13.2 Å². The van der Waals surface area contributed by atoms with Crippen molar-refractivity contribution in [3.05, 3.63) is 48.0 Å². The average Bonchev–Trinajstić information content (AvgIpc) is 2.78. The Hall–Kier alpha value is -2.21. The Balaban J connectivity index is 2.29. The third-order valence-corrected chi connectivity index (χ3v) is 3.41. The predicted octanol–water partition coefficient (Wildman–Crippen LogP) is 3.53. The van der Waals surface area contributed by atoms with Gasteiger partial charge >= 0.3 is 6.18 Å². The summed E-state index contributed by atoms with van der Waals surface area (Å²) in [5, 5.41) is 4.34. The van der Waals surface area contributed by atoms with E-state index in [1.54, 1.807) is 11.7 Å². The van der Waals surface area contributed by atoms with E-state index in [1.165, 1.54) is 12.1 Å². The van der Waals surface area contributed by atoms with Gasteiger partial charge in [0.1, 0.15) is 0 Å². The minimum atomic E-state index is -4.34. The minimum Gasteiger partial charge on any atom is -0.311 e. The highest BCUT2D eigenvalue weighted by Crippen LogP contribution is 2.35. The van der Waals surface area contributed by atoms with Crippen LogP contribution in [0.5, 0.6) is 0 Å². The van der Waals surface area contributed by atoms with Crippen molar-refractivity contribution in [3.8, 4) is 0 Å². The lowest BCUT2D eigenvalue weighted by Gasteiger charge is -2.11. The Labute approximate surface area is 119 Å². The molecule has 6 heteroatoms. The van der Waals surface area contributed by atoms with Crippen molar-refractivity contribution < 1.29 is 13.2 Å². The smallest absolute Gasteiger partial charge is 0.311 e. The van der Waals surface area contributed by atoms with Gasteiger partial charge in [0.05, 0.1) is 23.3 Å². The molecule has 0 aliphatic heterocycles. The number of para-hydroxylation sites is 1. The third kappa shape index (κ3) is 2.31. The molecule has 3 nitrogen and oxygen atoms in total. The van der Waals surface area contributed by atoms with Crippen LogP contribution < -0.4 is 10.7 Å². The summed E-state index contributed by atoms with van der Waals surface area (Å²) in [4.78, 5) is 0. The van der Waals surface area contributed by atoms with Crippen LogP contribution in [-0.4, -0.2) is 18.4 Å². The van der Waals surface area contributed by atoms with Gasteiger partial charge in [0.15, 0.2) is 0 Å². The molecule has 0 atom stereocenters. The van der Waals surface area contributed by atoms with Crippen LogP contribution in [0.15, 0.2) is 42.5 Å². The SMILES string of the molecule is CNCNn1c2ccccc2c2cc(C(F)(F)F)ccc21. The van der Waals surface area contributed by atoms with Crippen LogP contribution in [0.3, 0.4) is 0 Å². The standard InChI is InChI=1S/C15H14F3N3/c1-19-9-20-21-13-5-3-2-4-11(13)12-8-10(15(16,17)18)6-7-14(12)21/h2-8,19-20H,9H2,1H3. The number of nitrogens with one attached hydrogen (secondary N) is 2. The molecule has 0 fully saturated rings. The normalized spacial score (nSPS) is 12.2. The molecule has 0 radical (unpaired) electrons. The Kier molecular flexibility index (Phi) is 3.25. The molecule has 1 aromatic heterocycles. The number of aromatic nitrogens is 1. The first-order chi connectivity index (χ1) is 10.0. The first kappa shape index (κ1) is 13.8. The maximum absolute atomic E-state index is 12.9. The lowest BCUT2D eigenvalue weighted by molar-refractivity contribution is -0.137. The third-order valence-electron chi connectivity index (χ3n) is 3.41. The molecule has 0 aliphatic rings. The molecule has 2 aromatic carbocycles. The van der Waals surface area contributed by atoms with Gasteiger partial charge in [0.25, 0.3) is 0 Å². The van der Waals surface area contributed by atoms with Crippen LogP contribution >= 0.6 is 0 Å². The Morgan fingerprint density at radius 3 is 2.43 bits per heavy atom.